The molecule has 2 aromatic carbocycles. The zero-order valence-corrected chi connectivity index (χ0v) is 19.2. The van der Waals surface area contributed by atoms with E-state index in [1.165, 1.54) is 0 Å². The first-order chi connectivity index (χ1) is 16.5. The highest BCUT2D eigenvalue weighted by Gasteiger charge is 2.26. The normalized spacial score (nSPS) is 15.7. The van der Waals surface area contributed by atoms with Gasteiger partial charge in [-0.1, -0.05) is 18.2 Å². The number of nitrogens with zero attached hydrogens (tertiary/aromatic N) is 4. The van der Waals surface area contributed by atoms with Crippen molar-refractivity contribution in [3.05, 3.63) is 53.6 Å². The quantitative estimate of drug-likeness (QED) is 0.511. The van der Waals surface area contributed by atoms with Crippen LogP contribution in [0.25, 0.3) is 11.4 Å². The number of amides is 1. The number of ketones is 1. The predicted molar refractivity (Wildman–Crippen MR) is 123 cm³/mol. The van der Waals surface area contributed by atoms with Crippen molar-refractivity contribution >= 4 is 11.7 Å². The molecule has 1 aromatic heterocycles. The molecule has 1 saturated heterocycles. The smallest absolute Gasteiger partial charge is 0.254 e. The Labute approximate surface area is 197 Å². The minimum atomic E-state index is -0.265. The Balaban J connectivity index is 1.34. The number of H-pyrrole nitrogens is 1. The Morgan fingerprint density at radius 1 is 1.18 bits per heavy atom. The summed E-state index contributed by atoms with van der Waals surface area (Å²) in [5, 5.41) is 13.9. The zero-order valence-electron chi connectivity index (χ0n) is 19.2. The fourth-order valence-electron chi connectivity index (χ4n) is 3.72. The van der Waals surface area contributed by atoms with E-state index in [0.29, 0.717) is 55.4 Å². The van der Waals surface area contributed by atoms with Crippen molar-refractivity contribution in [2.24, 2.45) is 0 Å². The highest BCUT2D eigenvalue weighted by Crippen LogP contribution is 2.29. The van der Waals surface area contributed by atoms with Crippen LogP contribution in [-0.4, -0.2) is 76.7 Å². The fourth-order valence-corrected chi connectivity index (χ4v) is 3.72. The van der Waals surface area contributed by atoms with Crippen LogP contribution in [0.15, 0.2) is 42.5 Å². The molecule has 1 aliphatic heterocycles. The van der Waals surface area contributed by atoms with Crippen LogP contribution in [0.2, 0.25) is 0 Å². The molecular formula is C24H27N5O5. The lowest BCUT2D eigenvalue weighted by Crippen LogP contribution is -2.47. The second-order valence-corrected chi connectivity index (χ2v) is 8.05. The molecule has 1 unspecified atom stereocenters. The van der Waals surface area contributed by atoms with Gasteiger partial charge in [0.1, 0.15) is 18.5 Å². The van der Waals surface area contributed by atoms with Crippen LogP contribution in [0.4, 0.5) is 0 Å². The third-order valence-electron chi connectivity index (χ3n) is 5.58. The number of benzene rings is 2. The third kappa shape index (κ3) is 5.76. The Bertz CT molecular complexity index is 1120. The van der Waals surface area contributed by atoms with Gasteiger partial charge in [-0.2, -0.15) is 5.21 Å². The van der Waals surface area contributed by atoms with Crippen molar-refractivity contribution in [2.75, 3.05) is 33.4 Å². The highest BCUT2D eigenvalue weighted by molar-refractivity contribution is 5.94. The van der Waals surface area contributed by atoms with E-state index in [-0.39, 0.29) is 24.4 Å². The lowest BCUT2D eigenvalue weighted by molar-refractivity contribution is -0.116. The molecule has 4 rings (SSSR count). The second kappa shape index (κ2) is 10.9. The Morgan fingerprint density at radius 3 is 2.71 bits per heavy atom. The van der Waals surface area contributed by atoms with Crippen LogP contribution in [0.3, 0.4) is 0 Å². The number of aromatic amines is 1. The number of aromatic nitrogens is 4. The first kappa shape index (κ1) is 23.4. The largest absolute Gasteiger partial charge is 0.493 e. The number of nitrogens with one attached hydrogen (secondary N) is 1. The molecule has 3 aromatic rings. The van der Waals surface area contributed by atoms with E-state index in [2.05, 4.69) is 20.6 Å². The summed E-state index contributed by atoms with van der Waals surface area (Å²) in [4.78, 5) is 26.0. The summed E-state index contributed by atoms with van der Waals surface area (Å²) in [5.41, 5.74) is 2.37. The lowest BCUT2D eigenvalue weighted by atomic mass is 10.1. The lowest BCUT2D eigenvalue weighted by Gasteiger charge is -2.33. The van der Waals surface area contributed by atoms with Crippen LogP contribution in [-0.2, 0) is 16.0 Å². The topological polar surface area (TPSA) is 120 Å². The van der Waals surface area contributed by atoms with E-state index in [1.807, 2.05) is 18.2 Å². The number of ether oxygens (including phenoxy) is 3. The number of Topliss-reactive ketones (excluding diaryl/α,β-unsaturated/α-hetero) is 1. The van der Waals surface area contributed by atoms with Crippen molar-refractivity contribution in [1.29, 1.82) is 0 Å². The first-order valence-corrected chi connectivity index (χ1v) is 11.1. The zero-order chi connectivity index (χ0) is 23.9. The number of methoxy groups -OCH3 is 1. The number of hydrogen-bond donors (Lipinski definition) is 1. The maximum atomic E-state index is 13.0. The van der Waals surface area contributed by atoms with E-state index >= 15 is 0 Å². The van der Waals surface area contributed by atoms with Gasteiger partial charge < -0.3 is 23.9 Å². The standard InChI is InChI=1S/C24H27N5O5/c1-16(30)3-4-17-5-10-21(22(13-17)32-2)34-15-20-14-29(11-12-33-20)24(31)19-8-6-18(7-9-19)23-25-27-28-26-23/h5-10,13,20H,3-4,11-12,14-15H2,1-2H3,(H,25,26,27,28). The van der Waals surface area contributed by atoms with E-state index in [9.17, 15) is 9.59 Å². The monoisotopic (exact) mass is 465 g/mol. The number of rotatable bonds is 9. The minimum Gasteiger partial charge on any atom is -0.493 e. The van der Waals surface area contributed by atoms with Crippen LogP contribution >= 0.6 is 0 Å². The van der Waals surface area contributed by atoms with Crippen molar-refractivity contribution in [2.45, 2.75) is 25.9 Å². The van der Waals surface area contributed by atoms with Crippen molar-refractivity contribution in [3.8, 4) is 22.9 Å². The van der Waals surface area contributed by atoms with E-state index in [4.69, 9.17) is 14.2 Å². The summed E-state index contributed by atoms with van der Waals surface area (Å²) in [5.74, 6) is 1.76. The molecule has 1 atom stereocenters. The van der Waals surface area contributed by atoms with Gasteiger partial charge in [-0.05, 0) is 48.4 Å². The summed E-state index contributed by atoms with van der Waals surface area (Å²) < 4.78 is 17.2. The second-order valence-electron chi connectivity index (χ2n) is 8.05. The van der Waals surface area contributed by atoms with Crippen molar-refractivity contribution in [1.82, 2.24) is 25.5 Å². The van der Waals surface area contributed by atoms with Gasteiger partial charge in [0.2, 0.25) is 5.82 Å². The van der Waals surface area contributed by atoms with Gasteiger partial charge in [-0.15, -0.1) is 10.2 Å². The van der Waals surface area contributed by atoms with Gasteiger partial charge in [-0.3, -0.25) is 4.79 Å². The maximum absolute atomic E-state index is 13.0. The molecule has 1 fully saturated rings. The minimum absolute atomic E-state index is 0.0691. The van der Waals surface area contributed by atoms with Gasteiger partial charge >= 0.3 is 0 Å². The molecule has 0 aliphatic carbocycles. The van der Waals surface area contributed by atoms with E-state index < -0.39 is 0 Å². The van der Waals surface area contributed by atoms with Gasteiger partial charge in [0.15, 0.2) is 11.5 Å². The molecular weight excluding hydrogens is 438 g/mol. The molecule has 2 heterocycles. The average molecular weight is 466 g/mol. The van der Waals surface area contributed by atoms with Crippen molar-refractivity contribution in [3.63, 3.8) is 0 Å². The van der Waals surface area contributed by atoms with Gasteiger partial charge in [0.05, 0.1) is 20.3 Å². The molecule has 10 nitrogen and oxygen atoms in total. The van der Waals surface area contributed by atoms with Crippen LogP contribution in [0, 0.1) is 0 Å². The van der Waals surface area contributed by atoms with Crippen LogP contribution in [0.1, 0.15) is 29.3 Å². The van der Waals surface area contributed by atoms with Gasteiger partial charge in [-0.25, -0.2) is 0 Å². The third-order valence-corrected chi connectivity index (χ3v) is 5.58. The maximum Gasteiger partial charge on any atom is 0.254 e. The molecule has 178 valence electrons. The molecule has 1 aliphatic rings. The Kier molecular flexibility index (Phi) is 7.48. The van der Waals surface area contributed by atoms with Gasteiger partial charge in [0.25, 0.3) is 5.91 Å². The van der Waals surface area contributed by atoms with E-state index in [0.717, 1.165) is 11.1 Å². The molecule has 10 heteroatoms. The summed E-state index contributed by atoms with van der Waals surface area (Å²) >= 11 is 0. The molecule has 0 saturated carbocycles. The number of aryl methyl sites for hydroxylation is 1. The average Bonchev–Trinajstić information content (AvgIpc) is 3.41. The number of hydrogen-bond acceptors (Lipinski definition) is 8. The molecule has 1 N–H and O–H groups in total. The van der Waals surface area contributed by atoms with E-state index in [1.54, 1.807) is 43.2 Å². The Hall–Kier alpha value is -3.79. The fraction of sp³-hybridized carbons (Fsp3) is 0.375. The SMILES string of the molecule is COc1cc(CCC(C)=O)ccc1OCC1CN(C(=O)c2ccc(-c3nn[nH]n3)cc2)CCO1. The molecule has 34 heavy (non-hydrogen) atoms. The summed E-state index contributed by atoms with van der Waals surface area (Å²) in [6.07, 6.45) is 0.881. The summed E-state index contributed by atoms with van der Waals surface area (Å²) in [6.45, 7) is 3.23. The summed E-state index contributed by atoms with van der Waals surface area (Å²) in [6, 6.07) is 12.8. The number of morpholine rings is 1. The van der Waals surface area contributed by atoms with Crippen LogP contribution in [0.5, 0.6) is 11.5 Å². The molecule has 0 spiro atoms. The number of carbonyl (C=O) groups excluding carboxylic acids is 2. The molecule has 1 amide bonds. The molecule has 0 bridgehead atoms. The summed E-state index contributed by atoms with van der Waals surface area (Å²) in [7, 11) is 1.58. The Morgan fingerprint density at radius 2 is 2.00 bits per heavy atom. The van der Waals surface area contributed by atoms with Crippen LogP contribution < -0.4 is 9.47 Å². The van der Waals surface area contributed by atoms with Gasteiger partial charge in [0, 0.05) is 24.1 Å². The predicted octanol–water partition coefficient (Wildman–Crippen LogP) is 2.32. The molecule has 0 radical (unpaired) electrons. The highest BCUT2D eigenvalue weighted by atomic mass is 16.5. The number of carbonyl (C=O) groups is 2. The first-order valence-electron chi connectivity index (χ1n) is 11.1. The van der Waals surface area contributed by atoms with Crippen molar-refractivity contribution < 1.29 is 23.8 Å². The number of tetrazole rings is 1.